The van der Waals surface area contributed by atoms with E-state index in [0.29, 0.717) is 0 Å². The molecule has 0 aromatic carbocycles. The molecule has 1 radical (unpaired) electrons. The zero-order valence-electron chi connectivity index (χ0n) is 4.63. The van der Waals surface area contributed by atoms with Crippen LogP contribution in [0.3, 0.4) is 0 Å². The van der Waals surface area contributed by atoms with Gasteiger partial charge in [-0.3, -0.25) is 0 Å². The number of halogens is 3. The third-order valence-corrected chi connectivity index (χ3v) is 0.580. The summed E-state index contributed by atoms with van der Waals surface area (Å²) in [6, 6.07) is 0. The number of rotatable bonds is 2. The van der Waals surface area contributed by atoms with Crippen molar-refractivity contribution in [2.45, 2.75) is 25.4 Å². The Bertz CT molecular complexity index is 62.6. The molecule has 0 aliphatic heterocycles. The second kappa shape index (κ2) is 2.37. The van der Waals surface area contributed by atoms with Crippen LogP contribution in [0.25, 0.3) is 0 Å². The number of hydrogen-bond donors (Lipinski definition) is 0. The third kappa shape index (κ3) is 5.79. The van der Waals surface area contributed by atoms with Gasteiger partial charge in [-0.25, -0.2) is 13.2 Å². The van der Waals surface area contributed by atoms with Crippen LogP contribution in [0.15, 0.2) is 0 Å². The molecule has 0 spiro atoms. The van der Waals surface area contributed by atoms with Crippen molar-refractivity contribution in [1.29, 1.82) is 0 Å². The minimum absolute atomic E-state index is 0.785. The molecule has 0 amide bonds. The summed E-state index contributed by atoms with van der Waals surface area (Å²) in [6.45, 7) is 3.52. The fourth-order valence-electron chi connectivity index (χ4n) is 0.412. The molecule has 0 N–H and O–H groups in total. The van der Waals surface area contributed by atoms with Gasteiger partial charge < -0.3 is 0 Å². The predicted molar refractivity (Wildman–Crippen MR) is 25.5 cm³/mol. The molecule has 0 fully saturated rings. The molecule has 0 saturated carbocycles. The van der Waals surface area contributed by atoms with Gasteiger partial charge in [0.1, 0.15) is 6.17 Å². The summed E-state index contributed by atoms with van der Waals surface area (Å²) in [6.07, 6.45) is -2.25. The first-order valence-corrected chi connectivity index (χ1v) is 2.29. The molecule has 0 bridgehead atoms. The molecule has 0 aliphatic carbocycles. The molecule has 1 atom stereocenters. The summed E-state index contributed by atoms with van der Waals surface area (Å²) < 4.78 is 34.9. The van der Waals surface area contributed by atoms with Crippen molar-refractivity contribution < 1.29 is 13.2 Å². The van der Waals surface area contributed by atoms with E-state index in [-0.39, 0.29) is 0 Å². The first-order valence-electron chi connectivity index (χ1n) is 2.29. The summed E-state index contributed by atoms with van der Waals surface area (Å²) in [4.78, 5) is 0. The smallest absolute Gasteiger partial charge is 0.248 e. The Kier molecular flexibility index (Phi) is 2.31. The van der Waals surface area contributed by atoms with Crippen LogP contribution in [0.1, 0.15) is 13.3 Å². The van der Waals surface area contributed by atoms with Crippen molar-refractivity contribution in [3.05, 3.63) is 6.92 Å². The molecule has 1 unspecified atom stereocenters. The van der Waals surface area contributed by atoms with Gasteiger partial charge in [0.15, 0.2) is 0 Å². The van der Waals surface area contributed by atoms with E-state index in [9.17, 15) is 13.2 Å². The van der Waals surface area contributed by atoms with Gasteiger partial charge in [-0.1, -0.05) is 0 Å². The van der Waals surface area contributed by atoms with Crippen molar-refractivity contribution in [2.24, 2.45) is 0 Å². The van der Waals surface area contributed by atoms with Crippen LogP contribution < -0.4 is 0 Å². The molecule has 0 rings (SSSR count). The van der Waals surface area contributed by atoms with Gasteiger partial charge in [-0.2, -0.15) is 0 Å². The minimum Gasteiger partial charge on any atom is -0.248 e. The van der Waals surface area contributed by atoms with E-state index < -0.39 is 18.5 Å². The van der Waals surface area contributed by atoms with Gasteiger partial charge in [0.2, 0.25) is 0 Å². The molecule has 0 aliphatic rings. The topological polar surface area (TPSA) is 0 Å². The van der Waals surface area contributed by atoms with Crippen molar-refractivity contribution in [1.82, 2.24) is 0 Å². The molecule has 0 nitrogen and oxygen atoms in total. The summed E-state index contributed by atoms with van der Waals surface area (Å²) >= 11 is 0. The van der Waals surface area contributed by atoms with Gasteiger partial charge in [0, 0.05) is 13.3 Å². The van der Waals surface area contributed by atoms with Gasteiger partial charge in [0.05, 0.1) is 0 Å². The average molecular weight is 125 g/mol. The Morgan fingerprint density at radius 1 is 1.62 bits per heavy atom. The van der Waals surface area contributed by atoms with E-state index in [1.807, 2.05) is 0 Å². The molecule has 0 aromatic heterocycles. The Hall–Kier alpha value is -0.210. The molecular formula is C5H8F3. The van der Waals surface area contributed by atoms with Crippen molar-refractivity contribution in [3.63, 3.8) is 0 Å². The lowest BCUT2D eigenvalue weighted by molar-refractivity contribution is 0.0205. The maximum Gasteiger partial charge on any atom is 0.251 e. The Balaban J connectivity index is 3.39. The van der Waals surface area contributed by atoms with Crippen LogP contribution in [0.5, 0.6) is 0 Å². The molecule has 49 valence electrons. The second-order valence-corrected chi connectivity index (χ2v) is 1.84. The van der Waals surface area contributed by atoms with Crippen LogP contribution in [0.4, 0.5) is 13.2 Å². The van der Waals surface area contributed by atoms with Crippen LogP contribution in [-0.2, 0) is 0 Å². The first kappa shape index (κ1) is 7.79. The highest BCUT2D eigenvalue weighted by atomic mass is 19.3. The van der Waals surface area contributed by atoms with Gasteiger partial charge in [-0.15, -0.1) is 0 Å². The highest BCUT2D eigenvalue weighted by molar-refractivity contribution is 4.70. The summed E-state index contributed by atoms with van der Waals surface area (Å²) in [5.41, 5.74) is 0. The monoisotopic (exact) mass is 125 g/mol. The average Bonchev–Trinajstić information content (AvgIpc) is 1.21. The lowest BCUT2D eigenvalue weighted by atomic mass is 10.2. The molecular weight excluding hydrogens is 117 g/mol. The molecule has 0 aromatic rings. The molecule has 0 heterocycles. The number of alkyl halides is 3. The highest BCUT2D eigenvalue weighted by Gasteiger charge is 2.23. The standard InChI is InChI=1S/C5H8F3/c1-4(6)3-5(2,7)8/h4H,2-3H2,1H3. The van der Waals surface area contributed by atoms with Gasteiger partial charge in [0.25, 0.3) is 5.92 Å². The Labute approximate surface area is 46.7 Å². The maximum atomic E-state index is 11.7. The van der Waals surface area contributed by atoms with Gasteiger partial charge >= 0.3 is 0 Å². The maximum absolute atomic E-state index is 11.7. The van der Waals surface area contributed by atoms with E-state index in [4.69, 9.17) is 0 Å². The lowest BCUT2D eigenvalue weighted by Gasteiger charge is -2.08. The highest BCUT2D eigenvalue weighted by Crippen LogP contribution is 2.19. The normalized spacial score (nSPS) is 16.1. The Morgan fingerprint density at radius 2 is 2.00 bits per heavy atom. The number of hydrogen-bond acceptors (Lipinski definition) is 0. The summed E-state index contributed by atoms with van der Waals surface area (Å²) in [5, 5.41) is 0. The SMILES string of the molecule is [CH2]C(F)(F)CC(C)F. The van der Waals surface area contributed by atoms with E-state index in [1.165, 1.54) is 0 Å². The molecule has 8 heavy (non-hydrogen) atoms. The van der Waals surface area contributed by atoms with Crippen LogP contribution in [-0.4, -0.2) is 12.1 Å². The lowest BCUT2D eigenvalue weighted by Crippen LogP contribution is -2.15. The van der Waals surface area contributed by atoms with Gasteiger partial charge in [-0.05, 0) is 6.92 Å². The predicted octanol–water partition coefficient (Wildman–Crippen LogP) is 2.20. The van der Waals surface area contributed by atoms with Crippen LogP contribution in [0.2, 0.25) is 0 Å². The largest absolute Gasteiger partial charge is 0.251 e. The summed E-state index contributed by atoms with van der Waals surface area (Å²) in [7, 11) is 0. The minimum atomic E-state index is -3.10. The van der Waals surface area contributed by atoms with Crippen molar-refractivity contribution in [3.8, 4) is 0 Å². The fraction of sp³-hybridized carbons (Fsp3) is 0.800. The van der Waals surface area contributed by atoms with E-state index in [0.717, 1.165) is 6.92 Å². The quantitative estimate of drug-likeness (QED) is 0.530. The second-order valence-electron chi connectivity index (χ2n) is 1.84. The zero-order valence-corrected chi connectivity index (χ0v) is 4.63. The first-order chi connectivity index (χ1) is 3.42. The zero-order chi connectivity index (χ0) is 6.78. The van der Waals surface area contributed by atoms with E-state index in [1.54, 1.807) is 0 Å². The third-order valence-electron chi connectivity index (χ3n) is 0.580. The summed E-state index contributed by atoms with van der Waals surface area (Å²) in [5.74, 6) is -3.10. The van der Waals surface area contributed by atoms with Crippen molar-refractivity contribution in [2.75, 3.05) is 0 Å². The Morgan fingerprint density at radius 3 is 2.00 bits per heavy atom. The van der Waals surface area contributed by atoms with Crippen molar-refractivity contribution >= 4 is 0 Å². The molecule has 0 saturated heterocycles. The van der Waals surface area contributed by atoms with E-state index >= 15 is 0 Å². The fourth-order valence-corrected chi connectivity index (χ4v) is 0.412. The molecule has 3 heteroatoms. The van der Waals surface area contributed by atoms with E-state index in [2.05, 4.69) is 6.92 Å². The van der Waals surface area contributed by atoms with Crippen LogP contribution >= 0.6 is 0 Å². The van der Waals surface area contributed by atoms with Crippen LogP contribution in [0, 0.1) is 6.92 Å².